The molecular formula is C6H15N3. The molecule has 0 aromatic carbocycles. The topological polar surface area (TPSA) is 50.4 Å². The summed E-state index contributed by atoms with van der Waals surface area (Å²) in [5.74, 6) is 0. The Balaban J connectivity index is 3.21. The zero-order valence-corrected chi connectivity index (χ0v) is 6.15. The fourth-order valence-electron chi connectivity index (χ4n) is 0.334. The minimum Gasteiger partial charge on any atom is -0.329 e. The van der Waals surface area contributed by atoms with E-state index in [9.17, 15) is 0 Å². The molecule has 0 radical (unpaired) electrons. The number of rotatable bonds is 4. The first kappa shape index (κ1) is 8.43. The molecule has 0 aliphatic rings. The number of nitrogens with zero attached hydrogens (tertiary/aromatic N) is 1. The molecule has 0 saturated heterocycles. The first-order valence-corrected chi connectivity index (χ1v) is 3.27. The highest BCUT2D eigenvalue weighted by molar-refractivity contribution is 5.81. The van der Waals surface area contributed by atoms with Gasteiger partial charge in [0.15, 0.2) is 0 Å². The number of hydrogen-bond donors (Lipinski definition) is 2. The Morgan fingerprint density at radius 1 is 1.67 bits per heavy atom. The van der Waals surface area contributed by atoms with E-state index in [0.717, 1.165) is 18.7 Å². The van der Waals surface area contributed by atoms with Crippen molar-refractivity contribution in [2.24, 2.45) is 10.8 Å². The zero-order valence-electron chi connectivity index (χ0n) is 6.15. The Labute approximate surface area is 56.3 Å². The molecule has 54 valence electrons. The van der Waals surface area contributed by atoms with Crippen molar-refractivity contribution in [3.8, 4) is 0 Å². The van der Waals surface area contributed by atoms with Gasteiger partial charge in [0.1, 0.15) is 0 Å². The zero-order chi connectivity index (χ0) is 7.11. The molecule has 0 aliphatic heterocycles. The Kier molecular flexibility index (Phi) is 5.21. The highest BCUT2D eigenvalue weighted by Gasteiger charge is 1.81. The molecule has 0 aromatic rings. The van der Waals surface area contributed by atoms with E-state index in [-0.39, 0.29) is 0 Å². The fraction of sp³-hybridized carbons (Fsp3) is 0.833. The van der Waals surface area contributed by atoms with Crippen LogP contribution in [-0.2, 0) is 0 Å². The van der Waals surface area contributed by atoms with Crippen LogP contribution in [0.15, 0.2) is 5.10 Å². The minimum absolute atomic E-state index is 0.639. The van der Waals surface area contributed by atoms with Gasteiger partial charge in [-0.25, -0.2) is 0 Å². The minimum atomic E-state index is 0.639. The quantitative estimate of drug-likeness (QED) is 0.326. The van der Waals surface area contributed by atoms with E-state index in [4.69, 9.17) is 5.73 Å². The lowest BCUT2D eigenvalue weighted by molar-refractivity contribution is 0.736. The second-order valence-electron chi connectivity index (χ2n) is 1.90. The van der Waals surface area contributed by atoms with Gasteiger partial charge in [0.05, 0.1) is 0 Å². The Bertz CT molecular complexity index is 88.3. The Morgan fingerprint density at radius 3 is 2.78 bits per heavy atom. The molecule has 0 fully saturated rings. The van der Waals surface area contributed by atoms with Crippen LogP contribution in [0.5, 0.6) is 0 Å². The van der Waals surface area contributed by atoms with Crippen LogP contribution in [0.4, 0.5) is 0 Å². The van der Waals surface area contributed by atoms with E-state index in [0.29, 0.717) is 6.54 Å². The van der Waals surface area contributed by atoms with Gasteiger partial charge >= 0.3 is 0 Å². The summed E-state index contributed by atoms with van der Waals surface area (Å²) < 4.78 is 0. The smallest absolute Gasteiger partial charge is 0.0452 e. The fourth-order valence-corrected chi connectivity index (χ4v) is 0.334. The molecule has 0 atom stereocenters. The lowest BCUT2D eigenvalue weighted by Crippen LogP contribution is -2.18. The van der Waals surface area contributed by atoms with Gasteiger partial charge in [-0.3, -0.25) is 0 Å². The SMILES string of the molecule is CC/C(C)=N/NCCN. The van der Waals surface area contributed by atoms with E-state index in [1.165, 1.54) is 0 Å². The Morgan fingerprint density at radius 2 is 2.33 bits per heavy atom. The average Bonchev–Trinajstić information content (AvgIpc) is 1.89. The molecule has 3 nitrogen and oxygen atoms in total. The van der Waals surface area contributed by atoms with Crippen LogP contribution in [-0.4, -0.2) is 18.8 Å². The van der Waals surface area contributed by atoms with Crippen molar-refractivity contribution in [2.75, 3.05) is 13.1 Å². The molecule has 0 rings (SSSR count). The van der Waals surface area contributed by atoms with Gasteiger partial charge in [-0.15, -0.1) is 0 Å². The van der Waals surface area contributed by atoms with Crippen molar-refractivity contribution in [3.05, 3.63) is 0 Å². The summed E-state index contributed by atoms with van der Waals surface area (Å²) in [7, 11) is 0. The lowest BCUT2D eigenvalue weighted by Gasteiger charge is -1.97. The third-order valence-corrected chi connectivity index (χ3v) is 1.04. The first-order valence-electron chi connectivity index (χ1n) is 3.27. The largest absolute Gasteiger partial charge is 0.329 e. The summed E-state index contributed by atoms with van der Waals surface area (Å²) in [6.07, 6.45) is 0.998. The second kappa shape index (κ2) is 5.56. The van der Waals surface area contributed by atoms with Crippen molar-refractivity contribution in [2.45, 2.75) is 20.3 Å². The summed E-state index contributed by atoms with van der Waals surface area (Å²) >= 11 is 0. The van der Waals surface area contributed by atoms with Crippen LogP contribution in [0.2, 0.25) is 0 Å². The van der Waals surface area contributed by atoms with Crippen molar-refractivity contribution in [3.63, 3.8) is 0 Å². The molecule has 9 heavy (non-hydrogen) atoms. The van der Waals surface area contributed by atoms with Crippen molar-refractivity contribution < 1.29 is 0 Å². The van der Waals surface area contributed by atoms with Gasteiger partial charge in [-0.05, 0) is 13.3 Å². The second-order valence-corrected chi connectivity index (χ2v) is 1.90. The maximum Gasteiger partial charge on any atom is 0.0452 e. The molecule has 3 heteroatoms. The molecule has 0 aromatic heterocycles. The van der Waals surface area contributed by atoms with Crippen molar-refractivity contribution in [1.29, 1.82) is 0 Å². The molecule has 0 aliphatic carbocycles. The van der Waals surface area contributed by atoms with E-state index in [1.807, 2.05) is 6.92 Å². The average molecular weight is 129 g/mol. The monoisotopic (exact) mass is 129 g/mol. The van der Waals surface area contributed by atoms with Gasteiger partial charge in [-0.2, -0.15) is 5.10 Å². The van der Waals surface area contributed by atoms with Gasteiger partial charge in [-0.1, -0.05) is 6.92 Å². The van der Waals surface area contributed by atoms with E-state index in [1.54, 1.807) is 0 Å². The van der Waals surface area contributed by atoms with Crippen LogP contribution < -0.4 is 11.2 Å². The summed E-state index contributed by atoms with van der Waals surface area (Å²) in [6, 6.07) is 0. The van der Waals surface area contributed by atoms with Crippen LogP contribution >= 0.6 is 0 Å². The number of hydrazone groups is 1. The molecule has 0 bridgehead atoms. The maximum atomic E-state index is 5.22. The van der Waals surface area contributed by atoms with E-state index >= 15 is 0 Å². The standard InChI is InChI=1S/C6H15N3/c1-3-6(2)9-8-5-4-7/h8H,3-5,7H2,1-2H3/b9-6+. The van der Waals surface area contributed by atoms with Crippen molar-refractivity contribution >= 4 is 5.71 Å². The van der Waals surface area contributed by atoms with Crippen LogP contribution in [0.3, 0.4) is 0 Å². The summed E-state index contributed by atoms with van der Waals surface area (Å²) in [6.45, 7) is 5.46. The highest BCUT2D eigenvalue weighted by atomic mass is 15.3. The first-order chi connectivity index (χ1) is 4.31. The molecule has 0 amide bonds. The maximum absolute atomic E-state index is 5.22. The number of nitrogens with two attached hydrogens (primary N) is 1. The lowest BCUT2D eigenvalue weighted by atomic mass is 10.3. The Hall–Kier alpha value is -0.570. The van der Waals surface area contributed by atoms with Crippen LogP contribution in [0.25, 0.3) is 0 Å². The molecule has 0 spiro atoms. The predicted octanol–water partition coefficient (Wildman–Crippen LogP) is 0.321. The summed E-state index contributed by atoms with van der Waals surface area (Å²) in [5.41, 5.74) is 9.19. The molecule has 0 unspecified atom stereocenters. The third-order valence-electron chi connectivity index (χ3n) is 1.04. The van der Waals surface area contributed by atoms with Gasteiger partial charge < -0.3 is 11.2 Å². The molecule has 0 saturated carbocycles. The normalized spacial score (nSPS) is 11.7. The number of hydrogen-bond acceptors (Lipinski definition) is 3. The van der Waals surface area contributed by atoms with Gasteiger partial charge in [0.25, 0.3) is 0 Å². The van der Waals surface area contributed by atoms with E-state index in [2.05, 4.69) is 17.5 Å². The van der Waals surface area contributed by atoms with Crippen LogP contribution in [0.1, 0.15) is 20.3 Å². The number of nitrogens with one attached hydrogen (secondary N) is 1. The molecule has 3 N–H and O–H groups in total. The summed E-state index contributed by atoms with van der Waals surface area (Å²) in [5, 5.41) is 4.02. The predicted molar refractivity (Wildman–Crippen MR) is 40.5 cm³/mol. The summed E-state index contributed by atoms with van der Waals surface area (Å²) in [4.78, 5) is 0. The van der Waals surface area contributed by atoms with Crippen molar-refractivity contribution in [1.82, 2.24) is 5.43 Å². The highest BCUT2D eigenvalue weighted by Crippen LogP contribution is 1.79. The van der Waals surface area contributed by atoms with Gasteiger partial charge in [0.2, 0.25) is 0 Å². The third kappa shape index (κ3) is 5.30. The molecule has 0 heterocycles. The molecular weight excluding hydrogens is 114 g/mol. The van der Waals surface area contributed by atoms with Gasteiger partial charge in [0, 0.05) is 18.8 Å². The van der Waals surface area contributed by atoms with Crippen LogP contribution in [0, 0.1) is 0 Å². The van der Waals surface area contributed by atoms with E-state index < -0.39 is 0 Å².